The highest BCUT2D eigenvalue weighted by Gasteiger charge is 2.07. The zero-order valence-corrected chi connectivity index (χ0v) is 9.62. The number of aromatic nitrogens is 5. The first kappa shape index (κ1) is 9.89. The summed E-state index contributed by atoms with van der Waals surface area (Å²) in [6, 6.07) is 5.90. The molecule has 84 valence electrons. The van der Waals surface area contributed by atoms with Crippen molar-refractivity contribution < 1.29 is 0 Å². The van der Waals surface area contributed by atoms with Crippen LogP contribution in [-0.2, 0) is 0 Å². The van der Waals surface area contributed by atoms with Crippen molar-refractivity contribution >= 4 is 11.0 Å². The van der Waals surface area contributed by atoms with E-state index < -0.39 is 0 Å². The molecule has 0 saturated carbocycles. The first-order valence-electron chi connectivity index (χ1n) is 5.35. The van der Waals surface area contributed by atoms with Crippen molar-refractivity contribution in [3.63, 3.8) is 0 Å². The van der Waals surface area contributed by atoms with E-state index in [0.717, 1.165) is 28.1 Å². The molecule has 0 radical (unpaired) electrons. The summed E-state index contributed by atoms with van der Waals surface area (Å²) in [6.45, 7) is 4.01. The molecule has 0 aliphatic rings. The molecule has 3 aromatic rings. The molecular formula is C12H11N5. The largest absolute Gasteiger partial charge is 0.262 e. The molecule has 0 fully saturated rings. The van der Waals surface area contributed by atoms with Gasteiger partial charge in [0.25, 0.3) is 0 Å². The van der Waals surface area contributed by atoms with Crippen LogP contribution < -0.4 is 0 Å². The maximum atomic E-state index is 4.47. The van der Waals surface area contributed by atoms with Gasteiger partial charge in [0, 0.05) is 11.9 Å². The Morgan fingerprint density at radius 1 is 1.18 bits per heavy atom. The average Bonchev–Trinajstić information content (AvgIpc) is 2.71. The van der Waals surface area contributed by atoms with E-state index in [0.29, 0.717) is 0 Å². The van der Waals surface area contributed by atoms with Crippen LogP contribution in [0.2, 0.25) is 0 Å². The molecule has 3 rings (SSSR count). The lowest BCUT2D eigenvalue weighted by atomic mass is 10.2. The van der Waals surface area contributed by atoms with Gasteiger partial charge in [-0.1, -0.05) is 5.21 Å². The highest BCUT2D eigenvalue weighted by molar-refractivity contribution is 5.74. The van der Waals surface area contributed by atoms with Crippen LogP contribution in [0.15, 0.2) is 30.6 Å². The highest BCUT2D eigenvalue weighted by atomic mass is 15.4. The summed E-state index contributed by atoms with van der Waals surface area (Å²) in [5.41, 5.74) is 3.81. The number of fused-ring (bicyclic) bond motifs is 1. The minimum Gasteiger partial charge on any atom is -0.262 e. The second-order valence-corrected chi connectivity index (χ2v) is 4.01. The molecule has 0 bridgehead atoms. The molecule has 3 heterocycles. The van der Waals surface area contributed by atoms with Gasteiger partial charge < -0.3 is 0 Å². The topological polar surface area (TPSA) is 56.5 Å². The standard InChI is InChI=1S/C12H11N5/c1-8-5-9(2)14-12(6-8)17-11-3-4-13-7-10(11)15-16-17/h3-7H,1-2H3. The monoisotopic (exact) mass is 225 g/mol. The normalized spacial score (nSPS) is 10.9. The maximum Gasteiger partial charge on any atom is 0.156 e. The lowest BCUT2D eigenvalue weighted by Crippen LogP contribution is -2.01. The van der Waals surface area contributed by atoms with E-state index in [1.807, 2.05) is 32.0 Å². The van der Waals surface area contributed by atoms with Crippen LogP contribution in [-0.4, -0.2) is 25.0 Å². The van der Waals surface area contributed by atoms with Crippen molar-refractivity contribution in [2.75, 3.05) is 0 Å². The molecule has 0 N–H and O–H groups in total. The van der Waals surface area contributed by atoms with Crippen molar-refractivity contribution in [3.05, 3.63) is 41.9 Å². The van der Waals surface area contributed by atoms with Gasteiger partial charge in [0.05, 0.1) is 11.7 Å². The van der Waals surface area contributed by atoms with Crippen molar-refractivity contribution in [1.82, 2.24) is 25.0 Å². The van der Waals surface area contributed by atoms with E-state index in [1.54, 1.807) is 17.1 Å². The molecule has 5 nitrogen and oxygen atoms in total. The van der Waals surface area contributed by atoms with Crippen LogP contribution in [0.1, 0.15) is 11.3 Å². The SMILES string of the molecule is Cc1cc(C)nc(-n2nnc3cnccc32)c1. The van der Waals surface area contributed by atoms with Gasteiger partial charge in [-0.15, -0.1) is 5.10 Å². The van der Waals surface area contributed by atoms with Gasteiger partial charge in [-0.25, -0.2) is 4.98 Å². The van der Waals surface area contributed by atoms with Gasteiger partial charge in [-0.2, -0.15) is 4.68 Å². The first-order valence-corrected chi connectivity index (χ1v) is 5.35. The van der Waals surface area contributed by atoms with E-state index in [9.17, 15) is 0 Å². The Morgan fingerprint density at radius 2 is 2.06 bits per heavy atom. The highest BCUT2D eigenvalue weighted by Crippen LogP contribution is 2.14. The summed E-state index contributed by atoms with van der Waals surface area (Å²) in [4.78, 5) is 8.49. The van der Waals surface area contributed by atoms with Gasteiger partial charge in [-0.05, 0) is 37.6 Å². The van der Waals surface area contributed by atoms with Crippen LogP contribution in [0.3, 0.4) is 0 Å². The fourth-order valence-electron chi connectivity index (χ4n) is 1.87. The molecule has 0 aliphatic carbocycles. The zero-order chi connectivity index (χ0) is 11.8. The lowest BCUT2D eigenvalue weighted by Gasteiger charge is -2.03. The smallest absolute Gasteiger partial charge is 0.156 e. The summed E-state index contributed by atoms with van der Waals surface area (Å²) >= 11 is 0. The predicted octanol–water partition coefficient (Wildman–Crippen LogP) is 1.83. The van der Waals surface area contributed by atoms with Crippen LogP contribution in [0.5, 0.6) is 0 Å². The van der Waals surface area contributed by atoms with Crippen molar-refractivity contribution in [2.45, 2.75) is 13.8 Å². The summed E-state index contributed by atoms with van der Waals surface area (Å²) in [5.74, 6) is 0.788. The third kappa shape index (κ3) is 1.65. The van der Waals surface area contributed by atoms with Crippen molar-refractivity contribution in [1.29, 1.82) is 0 Å². The summed E-state index contributed by atoms with van der Waals surface area (Å²) in [5, 5.41) is 8.18. The Balaban J connectivity index is 2.27. The minimum absolute atomic E-state index is 0.772. The van der Waals surface area contributed by atoms with Gasteiger partial charge in [0.15, 0.2) is 5.82 Å². The number of pyridine rings is 2. The average molecular weight is 225 g/mol. The van der Waals surface area contributed by atoms with Crippen LogP contribution in [0, 0.1) is 13.8 Å². The summed E-state index contributed by atoms with van der Waals surface area (Å²) in [7, 11) is 0. The lowest BCUT2D eigenvalue weighted by molar-refractivity contribution is 0.796. The molecular weight excluding hydrogens is 214 g/mol. The molecule has 0 atom stereocenters. The Morgan fingerprint density at radius 3 is 2.88 bits per heavy atom. The fraction of sp³-hybridized carbons (Fsp3) is 0.167. The second kappa shape index (κ2) is 3.62. The molecule has 3 aromatic heterocycles. The number of hydrogen-bond donors (Lipinski definition) is 0. The molecule has 0 amide bonds. The van der Waals surface area contributed by atoms with Gasteiger partial charge in [0.1, 0.15) is 5.52 Å². The van der Waals surface area contributed by atoms with Crippen LogP contribution in [0.4, 0.5) is 0 Å². The van der Waals surface area contributed by atoms with Crippen molar-refractivity contribution in [2.24, 2.45) is 0 Å². The number of nitrogens with zero attached hydrogens (tertiary/aromatic N) is 5. The molecule has 0 aliphatic heterocycles. The quantitative estimate of drug-likeness (QED) is 0.634. The second-order valence-electron chi connectivity index (χ2n) is 4.01. The van der Waals surface area contributed by atoms with Crippen LogP contribution in [0.25, 0.3) is 16.9 Å². The molecule has 17 heavy (non-hydrogen) atoms. The zero-order valence-electron chi connectivity index (χ0n) is 9.62. The Bertz CT molecular complexity index is 666. The van der Waals surface area contributed by atoms with Gasteiger partial charge >= 0.3 is 0 Å². The fourth-order valence-corrected chi connectivity index (χ4v) is 1.87. The Kier molecular flexibility index (Phi) is 2.11. The molecule has 0 saturated heterocycles. The van der Waals surface area contributed by atoms with E-state index in [4.69, 9.17) is 0 Å². The number of aryl methyl sites for hydroxylation is 2. The summed E-state index contributed by atoms with van der Waals surface area (Å²) < 4.78 is 1.73. The third-order valence-electron chi connectivity index (χ3n) is 2.55. The molecule has 5 heteroatoms. The maximum absolute atomic E-state index is 4.47. The Labute approximate surface area is 98.1 Å². The van der Waals surface area contributed by atoms with Crippen LogP contribution >= 0.6 is 0 Å². The van der Waals surface area contributed by atoms with Gasteiger partial charge in [0.2, 0.25) is 0 Å². The molecule has 0 aromatic carbocycles. The minimum atomic E-state index is 0.772. The predicted molar refractivity (Wildman–Crippen MR) is 63.9 cm³/mol. The summed E-state index contributed by atoms with van der Waals surface area (Å²) in [6.07, 6.45) is 3.42. The van der Waals surface area contributed by atoms with E-state index in [-0.39, 0.29) is 0 Å². The molecule has 0 spiro atoms. The van der Waals surface area contributed by atoms with Gasteiger partial charge in [-0.3, -0.25) is 4.98 Å². The van der Waals surface area contributed by atoms with E-state index in [2.05, 4.69) is 20.3 Å². The first-order chi connectivity index (χ1) is 8.24. The van der Waals surface area contributed by atoms with Crippen molar-refractivity contribution in [3.8, 4) is 5.82 Å². The number of rotatable bonds is 1. The van der Waals surface area contributed by atoms with E-state index >= 15 is 0 Å². The van der Waals surface area contributed by atoms with E-state index in [1.165, 1.54) is 0 Å². The molecule has 0 unspecified atom stereocenters. The third-order valence-corrected chi connectivity index (χ3v) is 2.55. The number of hydrogen-bond acceptors (Lipinski definition) is 4. The Hall–Kier alpha value is -2.30.